The van der Waals surface area contributed by atoms with Crippen LogP contribution in [0.25, 0.3) is 10.9 Å². The van der Waals surface area contributed by atoms with Gasteiger partial charge in [0.15, 0.2) is 5.96 Å². The lowest BCUT2D eigenvalue weighted by Crippen LogP contribution is -2.44. The molecule has 1 aromatic heterocycles. The Kier molecular flexibility index (Phi) is 10.1. The van der Waals surface area contributed by atoms with Gasteiger partial charge in [-0.1, -0.05) is 18.2 Å². The number of rotatable bonds is 8. The number of benzene rings is 1. The fraction of sp³-hybridized carbons (Fsp3) is 0.571. The molecule has 0 amide bonds. The second-order valence-electron chi connectivity index (χ2n) is 7.07. The van der Waals surface area contributed by atoms with Gasteiger partial charge < -0.3 is 19.9 Å². The zero-order valence-electron chi connectivity index (χ0n) is 17.1. The molecular formula is C21H34IN5O. The van der Waals surface area contributed by atoms with Crippen LogP contribution >= 0.6 is 24.0 Å². The number of para-hydroxylation sites is 1. The maximum absolute atomic E-state index is 5.43. The molecular weight excluding hydrogens is 465 g/mol. The first-order chi connectivity index (χ1) is 13.3. The number of fused-ring (bicyclic) bond motifs is 1. The molecule has 1 aliphatic heterocycles. The second kappa shape index (κ2) is 12.3. The largest absolute Gasteiger partial charge is 0.379 e. The van der Waals surface area contributed by atoms with Crippen molar-refractivity contribution in [2.24, 2.45) is 4.99 Å². The van der Waals surface area contributed by atoms with E-state index in [0.29, 0.717) is 6.04 Å². The van der Waals surface area contributed by atoms with E-state index in [1.807, 2.05) is 0 Å². The van der Waals surface area contributed by atoms with Gasteiger partial charge in [0.25, 0.3) is 0 Å². The van der Waals surface area contributed by atoms with Crippen molar-refractivity contribution in [1.82, 2.24) is 20.1 Å². The summed E-state index contributed by atoms with van der Waals surface area (Å²) in [5.74, 6) is 0.912. The van der Waals surface area contributed by atoms with Crippen LogP contribution in [0.15, 0.2) is 41.5 Å². The molecule has 28 heavy (non-hydrogen) atoms. The molecule has 7 heteroatoms. The minimum atomic E-state index is 0. The number of aliphatic imine (C=N–C) groups is 1. The monoisotopic (exact) mass is 499 g/mol. The lowest BCUT2D eigenvalue weighted by atomic mass is 10.2. The Labute approximate surface area is 185 Å². The Bertz CT molecular complexity index is 726. The molecule has 0 bridgehead atoms. The van der Waals surface area contributed by atoms with Gasteiger partial charge in [-0.15, -0.1) is 24.0 Å². The normalized spacial score (nSPS) is 16.6. The van der Waals surface area contributed by atoms with Gasteiger partial charge in [0.1, 0.15) is 0 Å². The molecule has 1 aromatic carbocycles. The van der Waals surface area contributed by atoms with E-state index in [2.05, 4.69) is 70.5 Å². The average molecular weight is 499 g/mol. The van der Waals surface area contributed by atoms with E-state index in [0.717, 1.165) is 64.9 Å². The number of ether oxygens (including phenoxy) is 1. The van der Waals surface area contributed by atoms with Crippen LogP contribution in [0.1, 0.15) is 20.3 Å². The number of guanidine groups is 1. The van der Waals surface area contributed by atoms with Crippen molar-refractivity contribution in [2.45, 2.75) is 32.9 Å². The van der Waals surface area contributed by atoms with Gasteiger partial charge >= 0.3 is 0 Å². The van der Waals surface area contributed by atoms with E-state index in [4.69, 9.17) is 9.73 Å². The molecule has 156 valence electrons. The summed E-state index contributed by atoms with van der Waals surface area (Å²) in [7, 11) is 0. The van der Waals surface area contributed by atoms with Crippen LogP contribution in [0.5, 0.6) is 0 Å². The van der Waals surface area contributed by atoms with Gasteiger partial charge in [-0.2, -0.15) is 0 Å². The zero-order chi connectivity index (χ0) is 18.9. The standard InChI is InChI=1S/C21H33N5O.HI/c1-3-22-21(24-17-18(2)25-13-15-27-16-14-25)23-10-6-11-26-12-9-19-7-4-5-8-20(19)26;/h4-5,7-9,12,18H,3,6,10-11,13-17H2,1-2H3,(H2,22,23,24);1H. The number of aromatic nitrogens is 1. The second-order valence-corrected chi connectivity index (χ2v) is 7.07. The fourth-order valence-corrected chi connectivity index (χ4v) is 3.49. The molecule has 2 heterocycles. The first-order valence-corrected chi connectivity index (χ1v) is 10.2. The molecule has 1 saturated heterocycles. The quantitative estimate of drug-likeness (QED) is 0.254. The third kappa shape index (κ3) is 6.63. The molecule has 1 atom stereocenters. The van der Waals surface area contributed by atoms with Crippen LogP contribution in [0.3, 0.4) is 0 Å². The molecule has 2 aromatic rings. The predicted molar refractivity (Wildman–Crippen MR) is 128 cm³/mol. The number of aryl methyl sites for hydroxylation is 1. The van der Waals surface area contributed by atoms with Crippen molar-refractivity contribution >= 4 is 40.8 Å². The molecule has 1 unspecified atom stereocenters. The minimum absolute atomic E-state index is 0. The van der Waals surface area contributed by atoms with Crippen molar-refractivity contribution in [1.29, 1.82) is 0 Å². The Balaban J connectivity index is 0.00000280. The number of nitrogens with zero attached hydrogens (tertiary/aromatic N) is 3. The summed E-state index contributed by atoms with van der Waals surface area (Å²) >= 11 is 0. The number of halogens is 1. The summed E-state index contributed by atoms with van der Waals surface area (Å²) in [6.45, 7) is 11.6. The highest BCUT2D eigenvalue weighted by Gasteiger charge is 2.16. The fourth-order valence-electron chi connectivity index (χ4n) is 3.49. The molecule has 0 aliphatic carbocycles. The molecule has 0 spiro atoms. The third-order valence-corrected chi connectivity index (χ3v) is 5.08. The van der Waals surface area contributed by atoms with Crippen LogP contribution in [-0.2, 0) is 11.3 Å². The Morgan fingerprint density at radius 2 is 1.96 bits per heavy atom. The highest BCUT2D eigenvalue weighted by atomic mass is 127. The van der Waals surface area contributed by atoms with Crippen molar-refractivity contribution in [3.63, 3.8) is 0 Å². The highest BCUT2D eigenvalue weighted by molar-refractivity contribution is 14.0. The van der Waals surface area contributed by atoms with E-state index < -0.39 is 0 Å². The summed E-state index contributed by atoms with van der Waals surface area (Å²) in [4.78, 5) is 7.23. The molecule has 1 aliphatic rings. The van der Waals surface area contributed by atoms with Crippen molar-refractivity contribution < 1.29 is 4.74 Å². The Hall–Kier alpha value is -1.32. The Morgan fingerprint density at radius 3 is 2.75 bits per heavy atom. The van der Waals surface area contributed by atoms with Gasteiger partial charge in [-0.3, -0.25) is 9.89 Å². The van der Waals surface area contributed by atoms with Crippen LogP contribution < -0.4 is 10.6 Å². The van der Waals surface area contributed by atoms with Crippen LogP contribution in [0.2, 0.25) is 0 Å². The van der Waals surface area contributed by atoms with Crippen molar-refractivity contribution in [3.05, 3.63) is 36.5 Å². The molecule has 0 saturated carbocycles. The van der Waals surface area contributed by atoms with E-state index in [1.165, 1.54) is 10.9 Å². The maximum atomic E-state index is 5.43. The Morgan fingerprint density at radius 1 is 1.18 bits per heavy atom. The lowest BCUT2D eigenvalue weighted by Gasteiger charge is -2.31. The highest BCUT2D eigenvalue weighted by Crippen LogP contribution is 2.15. The third-order valence-electron chi connectivity index (χ3n) is 5.08. The van der Waals surface area contributed by atoms with E-state index >= 15 is 0 Å². The molecule has 6 nitrogen and oxygen atoms in total. The minimum Gasteiger partial charge on any atom is -0.379 e. The molecule has 3 rings (SSSR count). The van der Waals surface area contributed by atoms with Gasteiger partial charge in [-0.25, -0.2) is 0 Å². The van der Waals surface area contributed by atoms with Crippen LogP contribution in [0.4, 0.5) is 0 Å². The maximum Gasteiger partial charge on any atom is 0.191 e. The first-order valence-electron chi connectivity index (χ1n) is 10.2. The summed E-state index contributed by atoms with van der Waals surface area (Å²) in [6, 6.07) is 11.2. The smallest absolute Gasteiger partial charge is 0.191 e. The summed E-state index contributed by atoms with van der Waals surface area (Å²) in [5, 5.41) is 8.13. The van der Waals surface area contributed by atoms with Crippen LogP contribution in [-0.4, -0.2) is 67.4 Å². The molecule has 2 N–H and O–H groups in total. The van der Waals surface area contributed by atoms with Crippen molar-refractivity contribution in [3.8, 4) is 0 Å². The summed E-state index contributed by atoms with van der Waals surface area (Å²) < 4.78 is 7.75. The number of nitrogens with one attached hydrogen (secondary N) is 2. The van der Waals surface area contributed by atoms with Gasteiger partial charge in [0, 0.05) is 50.5 Å². The van der Waals surface area contributed by atoms with E-state index in [9.17, 15) is 0 Å². The van der Waals surface area contributed by atoms with Crippen LogP contribution in [0, 0.1) is 0 Å². The van der Waals surface area contributed by atoms with Crippen molar-refractivity contribution in [2.75, 3.05) is 45.9 Å². The predicted octanol–water partition coefficient (Wildman–Crippen LogP) is 2.93. The van der Waals surface area contributed by atoms with E-state index in [1.54, 1.807) is 0 Å². The first kappa shape index (κ1) is 23.0. The molecule has 0 radical (unpaired) electrons. The molecule has 1 fully saturated rings. The number of hydrogen-bond acceptors (Lipinski definition) is 3. The number of morpholine rings is 1. The van der Waals surface area contributed by atoms with Gasteiger partial charge in [-0.05, 0) is 37.8 Å². The number of hydrogen-bond donors (Lipinski definition) is 2. The van der Waals surface area contributed by atoms with E-state index in [-0.39, 0.29) is 24.0 Å². The topological polar surface area (TPSA) is 53.8 Å². The lowest BCUT2D eigenvalue weighted by molar-refractivity contribution is 0.0220. The summed E-state index contributed by atoms with van der Waals surface area (Å²) in [5.41, 5.74) is 1.30. The SMILES string of the molecule is CCNC(=NCC(C)N1CCOCC1)NCCCn1ccc2ccccc21.I. The van der Waals surface area contributed by atoms with Gasteiger partial charge in [0.2, 0.25) is 0 Å². The average Bonchev–Trinajstić information content (AvgIpc) is 3.13. The zero-order valence-corrected chi connectivity index (χ0v) is 19.4. The van der Waals surface area contributed by atoms with Gasteiger partial charge in [0.05, 0.1) is 19.8 Å². The summed E-state index contributed by atoms with van der Waals surface area (Å²) in [6.07, 6.45) is 3.23.